The summed E-state index contributed by atoms with van der Waals surface area (Å²) in [5.41, 5.74) is 2.21. The van der Waals surface area contributed by atoms with Crippen LogP contribution in [0.15, 0.2) is 30.6 Å². The first kappa shape index (κ1) is 14.5. The van der Waals surface area contributed by atoms with E-state index >= 15 is 0 Å². The van der Waals surface area contributed by atoms with E-state index in [1.807, 2.05) is 12.1 Å². The van der Waals surface area contributed by atoms with E-state index < -0.39 is 0 Å². The van der Waals surface area contributed by atoms with Gasteiger partial charge in [-0.15, -0.1) is 0 Å². The lowest BCUT2D eigenvalue weighted by Crippen LogP contribution is -2.41. The van der Waals surface area contributed by atoms with E-state index in [4.69, 9.17) is 4.98 Å². The zero-order valence-electron chi connectivity index (χ0n) is 13.1. The molecule has 2 unspecified atom stereocenters. The maximum atomic E-state index is 4.73. The molecule has 2 aromatic heterocycles. The van der Waals surface area contributed by atoms with Crippen molar-refractivity contribution >= 4 is 5.65 Å². The van der Waals surface area contributed by atoms with Gasteiger partial charge >= 0.3 is 0 Å². The van der Waals surface area contributed by atoms with Crippen LogP contribution in [0.3, 0.4) is 0 Å². The van der Waals surface area contributed by atoms with Gasteiger partial charge in [-0.3, -0.25) is 4.90 Å². The Kier molecular flexibility index (Phi) is 4.56. The minimum Gasteiger partial charge on any atom is -0.312 e. The third-order valence-electron chi connectivity index (χ3n) is 4.64. The molecule has 1 N–H and O–H groups in total. The lowest BCUT2D eigenvalue weighted by molar-refractivity contribution is 0.229. The molecule has 4 heteroatoms. The highest BCUT2D eigenvalue weighted by molar-refractivity contribution is 5.39. The van der Waals surface area contributed by atoms with Gasteiger partial charge in [-0.05, 0) is 37.6 Å². The predicted octanol–water partition coefficient (Wildman–Crippen LogP) is 2.54. The van der Waals surface area contributed by atoms with Gasteiger partial charge in [-0.2, -0.15) is 0 Å². The van der Waals surface area contributed by atoms with Crippen molar-refractivity contribution in [3.63, 3.8) is 0 Å². The van der Waals surface area contributed by atoms with Gasteiger partial charge in [-0.25, -0.2) is 4.98 Å². The van der Waals surface area contributed by atoms with E-state index in [1.165, 1.54) is 18.5 Å². The van der Waals surface area contributed by atoms with Crippen molar-refractivity contribution in [1.29, 1.82) is 0 Å². The number of imidazole rings is 1. The molecule has 1 fully saturated rings. The molecule has 4 nitrogen and oxygen atoms in total. The summed E-state index contributed by atoms with van der Waals surface area (Å²) in [6, 6.07) is 6.76. The molecule has 0 bridgehead atoms. The van der Waals surface area contributed by atoms with Crippen LogP contribution < -0.4 is 5.32 Å². The molecule has 0 saturated carbocycles. The highest BCUT2D eigenvalue weighted by Gasteiger charge is 2.22. The highest BCUT2D eigenvalue weighted by Crippen LogP contribution is 2.15. The fourth-order valence-corrected chi connectivity index (χ4v) is 3.13. The number of fused-ring (bicyclic) bond motifs is 1. The Morgan fingerprint density at radius 3 is 3.14 bits per heavy atom. The Morgan fingerprint density at radius 2 is 2.33 bits per heavy atom. The second kappa shape index (κ2) is 6.58. The second-order valence-corrected chi connectivity index (χ2v) is 6.23. The average Bonchev–Trinajstić information content (AvgIpc) is 2.76. The lowest BCUT2D eigenvalue weighted by atomic mass is 9.99. The topological polar surface area (TPSA) is 32.6 Å². The van der Waals surface area contributed by atoms with Gasteiger partial charge in [-0.1, -0.05) is 26.3 Å². The zero-order chi connectivity index (χ0) is 14.7. The third kappa shape index (κ3) is 3.44. The zero-order valence-corrected chi connectivity index (χ0v) is 13.1. The van der Waals surface area contributed by atoms with Crippen LogP contribution >= 0.6 is 0 Å². The maximum absolute atomic E-state index is 4.73. The fourth-order valence-electron chi connectivity index (χ4n) is 3.13. The van der Waals surface area contributed by atoms with Crippen LogP contribution in [0.2, 0.25) is 0 Å². The van der Waals surface area contributed by atoms with Crippen LogP contribution in [-0.4, -0.2) is 40.0 Å². The summed E-state index contributed by atoms with van der Waals surface area (Å²) < 4.78 is 2.11. The van der Waals surface area contributed by atoms with E-state index in [-0.39, 0.29) is 0 Å². The molecule has 3 rings (SSSR count). The Balaban J connectivity index is 1.70. The highest BCUT2D eigenvalue weighted by atomic mass is 15.2. The van der Waals surface area contributed by atoms with Gasteiger partial charge in [0.15, 0.2) is 0 Å². The van der Waals surface area contributed by atoms with E-state index in [0.29, 0.717) is 6.04 Å². The van der Waals surface area contributed by atoms with Gasteiger partial charge in [0.1, 0.15) is 5.65 Å². The summed E-state index contributed by atoms with van der Waals surface area (Å²) in [4.78, 5) is 7.28. The number of nitrogens with zero attached hydrogens (tertiary/aromatic N) is 3. The molecule has 2 aromatic rings. The molecule has 0 spiro atoms. The fraction of sp³-hybridized carbons (Fsp3) is 0.588. The molecular formula is C17H26N4. The quantitative estimate of drug-likeness (QED) is 0.937. The van der Waals surface area contributed by atoms with E-state index in [2.05, 4.69) is 46.9 Å². The molecule has 2 atom stereocenters. The average molecular weight is 286 g/mol. The van der Waals surface area contributed by atoms with Crippen molar-refractivity contribution in [2.45, 2.75) is 39.3 Å². The molecule has 0 aliphatic carbocycles. The number of nitrogens with one attached hydrogen (secondary N) is 1. The molecule has 21 heavy (non-hydrogen) atoms. The van der Waals surface area contributed by atoms with Crippen LogP contribution in [0, 0.1) is 5.92 Å². The molecule has 1 aliphatic rings. The normalized spacial score (nSPS) is 22.3. The van der Waals surface area contributed by atoms with Crippen LogP contribution in [0.4, 0.5) is 0 Å². The minimum absolute atomic E-state index is 0.606. The smallest absolute Gasteiger partial charge is 0.137 e. The van der Waals surface area contributed by atoms with E-state index in [1.54, 1.807) is 0 Å². The van der Waals surface area contributed by atoms with Gasteiger partial charge in [0, 0.05) is 31.5 Å². The van der Waals surface area contributed by atoms with Crippen LogP contribution in [0.25, 0.3) is 5.65 Å². The van der Waals surface area contributed by atoms with Crippen molar-refractivity contribution in [2.75, 3.05) is 19.6 Å². The largest absolute Gasteiger partial charge is 0.312 e. The summed E-state index contributed by atoms with van der Waals surface area (Å²) in [5.74, 6) is 0.728. The summed E-state index contributed by atoms with van der Waals surface area (Å²) in [6.45, 7) is 9.01. The molecule has 1 aliphatic heterocycles. The van der Waals surface area contributed by atoms with Crippen LogP contribution in [-0.2, 0) is 6.54 Å². The van der Waals surface area contributed by atoms with Gasteiger partial charge < -0.3 is 9.72 Å². The number of hydrogen-bond acceptors (Lipinski definition) is 3. The first-order valence-corrected chi connectivity index (χ1v) is 8.14. The maximum Gasteiger partial charge on any atom is 0.137 e. The number of aromatic nitrogens is 2. The third-order valence-corrected chi connectivity index (χ3v) is 4.64. The molecule has 0 aromatic carbocycles. The SMILES string of the molecule is CCC(C)C1CN(Cc2cn3ccccc3n2)CCCN1. The first-order chi connectivity index (χ1) is 10.3. The summed E-state index contributed by atoms with van der Waals surface area (Å²) in [5, 5.41) is 3.71. The van der Waals surface area contributed by atoms with Crippen molar-refractivity contribution in [1.82, 2.24) is 19.6 Å². The first-order valence-electron chi connectivity index (χ1n) is 8.14. The monoisotopic (exact) mass is 286 g/mol. The number of pyridine rings is 1. The summed E-state index contributed by atoms with van der Waals surface area (Å²) in [6.07, 6.45) is 6.68. The molecular weight excluding hydrogens is 260 g/mol. The number of hydrogen-bond donors (Lipinski definition) is 1. The summed E-state index contributed by atoms with van der Waals surface area (Å²) in [7, 11) is 0. The lowest BCUT2D eigenvalue weighted by Gasteiger charge is -2.27. The minimum atomic E-state index is 0.606. The second-order valence-electron chi connectivity index (χ2n) is 6.23. The summed E-state index contributed by atoms with van der Waals surface area (Å²) >= 11 is 0. The van der Waals surface area contributed by atoms with E-state index in [0.717, 1.165) is 37.7 Å². The number of rotatable bonds is 4. The van der Waals surface area contributed by atoms with Crippen molar-refractivity contribution in [3.05, 3.63) is 36.3 Å². The van der Waals surface area contributed by atoms with Crippen LogP contribution in [0.5, 0.6) is 0 Å². The van der Waals surface area contributed by atoms with Gasteiger partial charge in [0.2, 0.25) is 0 Å². The van der Waals surface area contributed by atoms with E-state index in [9.17, 15) is 0 Å². The van der Waals surface area contributed by atoms with Crippen molar-refractivity contribution in [2.24, 2.45) is 5.92 Å². The van der Waals surface area contributed by atoms with Crippen LogP contribution in [0.1, 0.15) is 32.4 Å². The molecule has 0 radical (unpaired) electrons. The molecule has 114 valence electrons. The molecule has 0 amide bonds. The Labute approximate surface area is 127 Å². The Morgan fingerprint density at radius 1 is 1.43 bits per heavy atom. The van der Waals surface area contributed by atoms with Crippen molar-refractivity contribution < 1.29 is 0 Å². The van der Waals surface area contributed by atoms with Gasteiger partial charge in [0.25, 0.3) is 0 Å². The van der Waals surface area contributed by atoms with Gasteiger partial charge in [0.05, 0.1) is 5.69 Å². The predicted molar refractivity (Wildman–Crippen MR) is 86.3 cm³/mol. The Bertz CT molecular complexity index is 544. The van der Waals surface area contributed by atoms with Crippen molar-refractivity contribution in [3.8, 4) is 0 Å². The molecule has 3 heterocycles. The standard InChI is InChI=1S/C17H26N4/c1-3-14(2)16-13-20(9-6-8-18-16)11-15-12-21-10-5-4-7-17(21)19-15/h4-5,7,10,12,14,16,18H,3,6,8-9,11,13H2,1-2H3. The Hall–Kier alpha value is -1.39. The molecule has 1 saturated heterocycles.